The summed E-state index contributed by atoms with van der Waals surface area (Å²) in [4.78, 5) is 36.1. The van der Waals surface area contributed by atoms with Crippen molar-refractivity contribution in [1.82, 2.24) is 19.8 Å². The number of aromatic nitrogens is 2. The quantitative estimate of drug-likeness (QED) is 0.728. The van der Waals surface area contributed by atoms with Gasteiger partial charge in [-0.2, -0.15) is 13.2 Å². The summed E-state index contributed by atoms with van der Waals surface area (Å²) < 4.78 is 46.1. The molecule has 33 heavy (non-hydrogen) atoms. The van der Waals surface area contributed by atoms with E-state index in [0.29, 0.717) is 18.9 Å². The fraction of sp³-hybridized carbons (Fsp3) is 0.545. The highest BCUT2D eigenvalue weighted by Gasteiger charge is 2.39. The molecular weight excluding hydrogens is 439 g/mol. The first-order valence-electron chi connectivity index (χ1n) is 10.9. The minimum Gasteiger partial charge on any atom is -0.461 e. The van der Waals surface area contributed by atoms with Crippen molar-refractivity contribution in [1.29, 1.82) is 0 Å². The van der Waals surface area contributed by atoms with Crippen LogP contribution in [0.15, 0.2) is 22.8 Å². The summed E-state index contributed by atoms with van der Waals surface area (Å²) in [7, 11) is 0. The molecule has 1 unspecified atom stereocenters. The number of amides is 2. The Morgan fingerprint density at radius 2 is 2.12 bits per heavy atom. The molecule has 2 aliphatic heterocycles. The lowest BCUT2D eigenvalue weighted by molar-refractivity contribution is -0.142. The Morgan fingerprint density at radius 3 is 2.82 bits per heavy atom. The highest BCUT2D eigenvalue weighted by atomic mass is 19.4. The minimum atomic E-state index is -4.65. The largest absolute Gasteiger partial charge is 0.461 e. The van der Waals surface area contributed by atoms with Crippen LogP contribution < -0.4 is 5.73 Å². The fourth-order valence-electron chi connectivity index (χ4n) is 4.37. The number of furan rings is 1. The number of carbonyl (C=O) groups excluding carboxylic acids is 2. The van der Waals surface area contributed by atoms with Crippen LogP contribution in [0.4, 0.5) is 13.2 Å². The third-order valence-corrected chi connectivity index (χ3v) is 6.06. The maximum absolute atomic E-state index is 13.7. The third kappa shape index (κ3) is 5.18. The van der Waals surface area contributed by atoms with Crippen LogP contribution in [0.5, 0.6) is 0 Å². The molecule has 8 nitrogen and oxygen atoms in total. The van der Waals surface area contributed by atoms with Crippen molar-refractivity contribution in [2.75, 3.05) is 19.6 Å². The van der Waals surface area contributed by atoms with E-state index in [1.807, 2.05) is 0 Å². The average Bonchev–Trinajstić information content (AvgIpc) is 3.29. The molecule has 2 aromatic heterocycles. The van der Waals surface area contributed by atoms with Gasteiger partial charge in [0.2, 0.25) is 11.8 Å². The minimum absolute atomic E-state index is 0.000874. The molecule has 0 bridgehead atoms. The molecule has 1 saturated heterocycles. The zero-order valence-corrected chi connectivity index (χ0v) is 18.3. The molecule has 4 heterocycles. The summed E-state index contributed by atoms with van der Waals surface area (Å²) in [5.41, 5.74) is 5.31. The van der Waals surface area contributed by atoms with Crippen molar-refractivity contribution in [3.63, 3.8) is 0 Å². The summed E-state index contributed by atoms with van der Waals surface area (Å²) in [6.07, 6.45) is -2.01. The van der Waals surface area contributed by atoms with Crippen molar-refractivity contribution in [2.45, 2.75) is 51.4 Å². The van der Waals surface area contributed by atoms with Gasteiger partial charge >= 0.3 is 6.18 Å². The lowest BCUT2D eigenvalue weighted by atomic mass is 9.98. The Labute approximate surface area is 188 Å². The zero-order chi connectivity index (χ0) is 23.8. The molecule has 0 spiro atoms. The number of likely N-dealkylation sites (tertiary alicyclic amines) is 1. The number of hydrogen-bond acceptors (Lipinski definition) is 6. The van der Waals surface area contributed by atoms with Crippen molar-refractivity contribution in [3.05, 3.63) is 35.3 Å². The topological polar surface area (TPSA) is 106 Å². The number of fused-ring (bicyclic) bond motifs is 1. The predicted molar refractivity (Wildman–Crippen MR) is 111 cm³/mol. The van der Waals surface area contributed by atoms with Crippen LogP contribution >= 0.6 is 0 Å². The zero-order valence-electron chi connectivity index (χ0n) is 18.3. The highest BCUT2D eigenvalue weighted by molar-refractivity contribution is 5.78. The van der Waals surface area contributed by atoms with Crippen molar-refractivity contribution >= 4 is 11.8 Å². The number of carbonyl (C=O) groups is 2. The SMILES string of the molecule is CC1CCC(=O)N(C[C@H](N)CC(=O)N2CCc3c(nc(-c4ccco4)nc3C(F)(F)F)C2)C1. The van der Waals surface area contributed by atoms with Gasteiger partial charge in [-0.25, -0.2) is 9.97 Å². The molecule has 1 fully saturated rings. The number of alkyl halides is 3. The Hall–Kier alpha value is -2.95. The van der Waals surface area contributed by atoms with E-state index in [-0.39, 0.29) is 67.1 Å². The Balaban J connectivity index is 1.48. The molecule has 0 radical (unpaired) electrons. The molecule has 0 saturated carbocycles. The second-order valence-electron chi connectivity index (χ2n) is 8.77. The molecule has 0 aliphatic carbocycles. The number of piperidine rings is 1. The van der Waals surface area contributed by atoms with E-state index < -0.39 is 17.9 Å². The van der Waals surface area contributed by atoms with Crippen molar-refractivity contribution in [2.24, 2.45) is 11.7 Å². The number of nitrogens with two attached hydrogens (primary N) is 1. The van der Waals surface area contributed by atoms with E-state index in [9.17, 15) is 22.8 Å². The summed E-state index contributed by atoms with van der Waals surface area (Å²) in [5.74, 6) is 0.0844. The van der Waals surface area contributed by atoms with Gasteiger partial charge in [0.15, 0.2) is 17.3 Å². The van der Waals surface area contributed by atoms with Gasteiger partial charge in [-0.3, -0.25) is 9.59 Å². The van der Waals surface area contributed by atoms with Crippen LogP contribution in [0.1, 0.15) is 43.1 Å². The first-order valence-corrected chi connectivity index (χ1v) is 10.9. The van der Waals surface area contributed by atoms with E-state index >= 15 is 0 Å². The third-order valence-electron chi connectivity index (χ3n) is 6.06. The van der Waals surface area contributed by atoms with Gasteiger partial charge < -0.3 is 20.0 Å². The Morgan fingerprint density at radius 1 is 1.33 bits per heavy atom. The molecule has 0 aromatic carbocycles. The van der Waals surface area contributed by atoms with Gasteiger partial charge in [-0.15, -0.1) is 0 Å². The summed E-state index contributed by atoms with van der Waals surface area (Å²) in [6.45, 7) is 3.01. The highest BCUT2D eigenvalue weighted by Crippen LogP contribution is 2.35. The maximum atomic E-state index is 13.7. The van der Waals surface area contributed by atoms with E-state index in [0.717, 1.165) is 6.42 Å². The van der Waals surface area contributed by atoms with E-state index in [4.69, 9.17) is 10.2 Å². The van der Waals surface area contributed by atoms with Crippen LogP contribution in [-0.2, 0) is 28.7 Å². The van der Waals surface area contributed by atoms with Gasteiger partial charge in [0.1, 0.15) is 0 Å². The van der Waals surface area contributed by atoms with E-state index in [1.54, 1.807) is 4.90 Å². The lowest BCUT2D eigenvalue weighted by Crippen LogP contribution is -2.48. The number of nitrogens with zero attached hydrogens (tertiary/aromatic N) is 4. The Kier molecular flexibility index (Phi) is 6.42. The van der Waals surface area contributed by atoms with Gasteiger partial charge in [-0.05, 0) is 30.9 Å². The number of hydrogen-bond donors (Lipinski definition) is 1. The van der Waals surface area contributed by atoms with Crippen LogP contribution in [-0.4, -0.2) is 57.3 Å². The van der Waals surface area contributed by atoms with Gasteiger partial charge in [0.05, 0.1) is 18.5 Å². The second-order valence-corrected chi connectivity index (χ2v) is 8.77. The van der Waals surface area contributed by atoms with Gasteiger partial charge in [-0.1, -0.05) is 6.92 Å². The fourth-order valence-corrected chi connectivity index (χ4v) is 4.37. The summed E-state index contributed by atoms with van der Waals surface area (Å²) in [5, 5.41) is 0. The predicted octanol–water partition coefficient (Wildman–Crippen LogP) is 2.62. The van der Waals surface area contributed by atoms with Crippen LogP contribution in [0, 0.1) is 5.92 Å². The van der Waals surface area contributed by atoms with Crippen molar-refractivity contribution < 1.29 is 27.2 Å². The molecule has 2 aliphatic rings. The van der Waals surface area contributed by atoms with Crippen LogP contribution in [0.2, 0.25) is 0 Å². The summed E-state index contributed by atoms with van der Waals surface area (Å²) in [6, 6.07) is 2.47. The monoisotopic (exact) mass is 465 g/mol. The van der Waals surface area contributed by atoms with Gasteiger partial charge in [0, 0.05) is 44.1 Å². The summed E-state index contributed by atoms with van der Waals surface area (Å²) >= 11 is 0. The number of halogens is 3. The average molecular weight is 465 g/mol. The second kappa shape index (κ2) is 9.12. The van der Waals surface area contributed by atoms with Gasteiger partial charge in [0.25, 0.3) is 0 Å². The molecule has 2 N–H and O–H groups in total. The first-order chi connectivity index (χ1) is 15.6. The number of rotatable bonds is 5. The molecule has 2 amide bonds. The molecular formula is C22H26F3N5O3. The molecule has 2 atom stereocenters. The first kappa shape index (κ1) is 23.2. The van der Waals surface area contributed by atoms with Crippen LogP contribution in [0.25, 0.3) is 11.6 Å². The van der Waals surface area contributed by atoms with E-state index in [1.165, 1.54) is 23.3 Å². The van der Waals surface area contributed by atoms with Crippen LogP contribution in [0.3, 0.4) is 0 Å². The smallest absolute Gasteiger partial charge is 0.433 e. The molecule has 2 aromatic rings. The standard InChI is InChI=1S/C22H26F3N5O3/c1-13-4-5-18(31)30(10-13)11-14(26)9-19(32)29-7-6-15-16(12-29)27-21(17-3-2-8-33-17)28-20(15)22(23,24)25/h2-3,8,13-14H,4-7,9-12,26H2,1H3/t13?,14-/m1/s1. The molecule has 4 rings (SSSR count). The Bertz CT molecular complexity index is 1030. The maximum Gasteiger partial charge on any atom is 0.433 e. The lowest BCUT2D eigenvalue weighted by Gasteiger charge is -2.34. The van der Waals surface area contributed by atoms with Crippen molar-refractivity contribution in [3.8, 4) is 11.6 Å². The van der Waals surface area contributed by atoms with E-state index in [2.05, 4.69) is 16.9 Å². The normalized spacial score (nSPS) is 20.0. The molecule has 178 valence electrons. The molecule has 11 heteroatoms.